The van der Waals surface area contributed by atoms with Gasteiger partial charge in [0.05, 0.1) is 12.8 Å². The lowest BCUT2D eigenvalue weighted by Gasteiger charge is -2.34. The maximum absolute atomic E-state index is 12.1. The lowest BCUT2D eigenvalue weighted by molar-refractivity contribution is 0.0996. The third-order valence-corrected chi connectivity index (χ3v) is 5.91. The molecule has 1 aromatic heterocycles. The second-order valence-corrected chi connectivity index (χ2v) is 8.36. The summed E-state index contributed by atoms with van der Waals surface area (Å²) in [4.78, 5) is 25.8. The molecule has 2 aromatic carbocycles. The Morgan fingerprint density at radius 3 is 2.40 bits per heavy atom. The highest BCUT2D eigenvalue weighted by atomic mass is 16.5. The number of methoxy groups -OCH3 is 1. The van der Waals surface area contributed by atoms with Crippen LogP contribution in [0.2, 0.25) is 0 Å². The fraction of sp³-hybridized carbons (Fsp3) is 0.320. The van der Waals surface area contributed by atoms with E-state index in [-0.39, 0.29) is 17.4 Å². The lowest BCUT2D eigenvalue weighted by Crippen LogP contribution is -2.44. The highest BCUT2D eigenvalue weighted by molar-refractivity contribution is 5.96. The van der Waals surface area contributed by atoms with Gasteiger partial charge in [-0.3, -0.25) is 4.79 Å². The van der Waals surface area contributed by atoms with Gasteiger partial charge in [-0.25, -0.2) is 4.98 Å². The Kier molecular flexibility index (Phi) is 7.21. The van der Waals surface area contributed by atoms with Crippen LogP contribution in [0.25, 0.3) is 0 Å². The molecule has 1 amide bonds. The van der Waals surface area contributed by atoms with Crippen LogP contribution < -0.4 is 31.2 Å². The molecule has 1 fully saturated rings. The van der Waals surface area contributed by atoms with E-state index in [2.05, 4.69) is 32.1 Å². The third kappa shape index (κ3) is 5.55. The highest BCUT2D eigenvalue weighted by Gasteiger charge is 2.19. The van der Waals surface area contributed by atoms with Gasteiger partial charge in [0.1, 0.15) is 17.2 Å². The lowest BCUT2D eigenvalue weighted by atomic mass is 10.2. The zero-order valence-corrected chi connectivity index (χ0v) is 20.2. The van der Waals surface area contributed by atoms with Crippen LogP contribution in [-0.2, 0) is 6.42 Å². The highest BCUT2D eigenvalue weighted by Crippen LogP contribution is 2.32. The molecule has 0 atom stereocenters. The normalized spacial score (nSPS) is 14.0. The van der Waals surface area contributed by atoms with Gasteiger partial charge in [-0.1, -0.05) is 6.92 Å². The number of piperazine rings is 1. The first kappa shape index (κ1) is 24.1. The second kappa shape index (κ2) is 10.5. The second-order valence-electron chi connectivity index (χ2n) is 8.36. The van der Waals surface area contributed by atoms with Gasteiger partial charge in [-0.05, 0) is 49.9 Å². The number of nitrogens with two attached hydrogens (primary N) is 2. The van der Waals surface area contributed by atoms with Gasteiger partial charge < -0.3 is 36.1 Å². The van der Waals surface area contributed by atoms with Gasteiger partial charge in [0, 0.05) is 43.6 Å². The molecule has 1 aliphatic heterocycles. The minimum Gasteiger partial charge on any atom is -0.495 e. The van der Waals surface area contributed by atoms with Gasteiger partial charge in [0.25, 0.3) is 5.91 Å². The van der Waals surface area contributed by atoms with E-state index in [0.29, 0.717) is 29.3 Å². The van der Waals surface area contributed by atoms with Gasteiger partial charge in [0.2, 0.25) is 5.88 Å². The minimum atomic E-state index is -0.677. The fourth-order valence-electron chi connectivity index (χ4n) is 3.87. The van der Waals surface area contributed by atoms with Crippen molar-refractivity contribution in [2.24, 2.45) is 5.73 Å². The molecule has 0 saturated carbocycles. The van der Waals surface area contributed by atoms with Gasteiger partial charge >= 0.3 is 0 Å². The molecule has 0 aliphatic carbocycles. The summed E-state index contributed by atoms with van der Waals surface area (Å²) in [5.41, 5.74) is 14.5. The Bertz CT molecular complexity index is 1190. The Morgan fingerprint density at radius 1 is 1.09 bits per heavy atom. The maximum Gasteiger partial charge on any atom is 0.271 e. The number of aromatic nitrogens is 2. The number of primary amides is 1. The van der Waals surface area contributed by atoms with Crippen LogP contribution in [0, 0.1) is 0 Å². The Labute approximate surface area is 204 Å². The van der Waals surface area contributed by atoms with Crippen LogP contribution in [0.3, 0.4) is 0 Å². The molecular formula is C25H31N7O3. The molecule has 0 bridgehead atoms. The van der Waals surface area contributed by atoms with Crippen molar-refractivity contribution in [3.63, 3.8) is 0 Å². The number of nitrogens with one attached hydrogen (secondary N) is 1. The zero-order chi connectivity index (χ0) is 24.9. The summed E-state index contributed by atoms with van der Waals surface area (Å²) in [6.45, 7) is 5.92. The average Bonchev–Trinajstić information content (AvgIpc) is 2.85. The largest absolute Gasteiger partial charge is 0.495 e. The molecule has 10 nitrogen and oxygen atoms in total. The van der Waals surface area contributed by atoms with Crippen LogP contribution >= 0.6 is 0 Å². The van der Waals surface area contributed by atoms with Crippen LogP contribution in [-0.4, -0.2) is 61.1 Å². The number of ether oxygens (including phenoxy) is 2. The van der Waals surface area contributed by atoms with E-state index in [1.807, 2.05) is 31.2 Å². The molecule has 0 unspecified atom stereocenters. The van der Waals surface area contributed by atoms with E-state index in [1.165, 1.54) is 0 Å². The first-order valence-corrected chi connectivity index (χ1v) is 11.5. The molecule has 1 saturated heterocycles. The van der Waals surface area contributed by atoms with E-state index in [9.17, 15) is 4.79 Å². The van der Waals surface area contributed by atoms with Crippen LogP contribution in [0.15, 0.2) is 42.5 Å². The quantitative estimate of drug-likeness (QED) is 0.419. The van der Waals surface area contributed by atoms with Crippen molar-refractivity contribution >= 4 is 28.8 Å². The van der Waals surface area contributed by atoms with Crippen molar-refractivity contribution in [2.75, 3.05) is 56.3 Å². The summed E-state index contributed by atoms with van der Waals surface area (Å²) in [5, 5.41) is 3.17. The smallest absolute Gasteiger partial charge is 0.271 e. The van der Waals surface area contributed by atoms with Crippen molar-refractivity contribution in [3.8, 4) is 17.4 Å². The fourth-order valence-corrected chi connectivity index (χ4v) is 3.87. The number of nitrogen functional groups attached to an aromatic ring is 1. The first-order chi connectivity index (χ1) is 16.9. The number of amides is 1. The predicted octanol–water partition coefficient (Wildman–Crippen LogP) is 3.02. The van der Waals surface area contributed by atoms with Crippen molar-refractivity contribution in [1.29, 1.82) is 0 Å². The number of hydrogen-bond acceptors (Lipinski definition) is 9. The average molecular weight is 478 g/mol. The molecule has 1 aliphatic rings. The molecule has 184 valence electrons. The van der Waals surface area contributed by atoms with Crippen molar-refractivity contribution in [2.45, 2.75) is 13.3 Å². The Morgan fingerprint density at radius 2 is 1.80 bits per heavy atom. The van der Waals surface area contributed by atoms with E-state index in [4.69, 9.17) is 20.9 Å². The number of carbonyl (C=O) groups is 1. The van der Waals surface area contributed by atoms with E-state index in [0.717, 1.165) is 37.6 Å². The number of likely N-dealkylation sites (N-methyl/N-ethyl adjacent to an activating group) is 1. The first-order valence-electron chi connectivity index (χ1n) is 11.5. The van der Waals surface area contributed by atoms with Gasteiger partial charge in [-0.15, -0.1) is 0 Å². The number of aryl methyl sites for hydroxylation is 1. The van der Waals surface area contributed by atoms with Crippen LogP contribution in [0.5, 0.6) is 17.4 Å². The number of rotatable bonds is 8. The summed E-state index contributed by atoms with van der Waals surface area (Å²) in [7, 11) is 3.68. The standard InChI is InChI=1S/C25H31N7O3/c1-4-20-25(35-18-9-10-21(34-3)19(26)15-18)30-24(22(29-20)23(27)33)28-16-5-7-17(8-6-16)32-13-11-31(2)12-14-32/h5-10,15H,4,11-14,26H2,1-3H3,(H2,27,33)(H,28,30). The molecule has 10 heteroatoms. The molecule has 3 aromatic rings. The van der Waals surface area contributed by atoms with Gasteiger partial charge in [0.15, 0.2) is 11.5 Å². The number of carbonyl (C=O) groups excluding carboxylic acids is 1. The molecule has 0 radical (unpaired) electrons. The topological polar surface area (TPSA) is 132 Å². The zero-order valence-electron chi connectivity index (χ0n) is 20.2. The summed E-state index contributed by atoms with van der Waals surface area (Å²) in [5.74, 6) is 0.827. The SMILES string of the molecule is CCc1nc(C(N)=O)c(Nc2ccc(N3CCN(C)CC3)cc2)nc1Oc1ccc(OC)c(N)c1. The third-order valence-electron chi connectivity index (χ3n) is 5.91. The summed E-state index contributed by atoms with van der Waals surface area (Å²) >= 11 is 0. The molecule has 4 rings (SSSR count). The summed E-state index contributed by atoms with van der Waals surface area (Å²) < 4.78 is 11.2. The number of benzene rings is 2. The molecule has 5 N–H and O–H groups in total. The van der Waals surface area contributed by atoms with Crippen LogP contribution in [0.1, 0.15) is 23.1 Å². The van der Waals surface area contributed by atoms with E-state index < -0.39 is 5.91 Å². The number of hydrogen-bond donors (Lipinski definition) is 3. The summed E-state index contributed by atoms with van der Waals surface area (Å²) in [6, 6.07) is 13.1. The van der Waals surface area contributed by atoms with E-state index in [1.54, 1.807) is 25.3 Å². The number of anilines is 4. The molecule has 35 heavy (non-hydrogen) atoms. The van der Waals surface area contributed by atoms with E-state index >= 15 is 0 Å². The van der Waals surface area contributed by atoms with Gasteiger partial charge in [-0.2, -0.15) is 4.98 Å². The summed E-state index contributed by atoms with van der Waals surface area (Å²) in [6.07, 6.45) is 0.494. The minimum absolute atomic E-state index is 0.0478. The maximum atomic E-state index is 12.1. The Balaban J connectivity index is 1.60. The molecule has 2 heterocycles. The number of nitrogens with zero attached hydrogens (tertiary/aromatic N) is 4. The predicted molar refractivity (Wildman–Crippen MR) is 137 cm³/mol. The Hall–Kier alpha value is -4.05. The van der Waals surface area contributed by atoms with Crippen molar-refractivity contribution in [1.82, 2.24) is 14.9 Å². The van der Waals surface area contributed by atoms with Crippen molar-refractivity contribution in [3.05, 3.63) is 53.9 Å². The van der Waals surface area contributed by atoms with Crippen molar-refractivity contribution < 1.29 is 14.3 Å². The van der Waals surface area contributed by atoms with Crippen LogP contribution in [0.4, 0.5) is 22.9 Å². The molecular weight excluding hydrogens is 446 g/mol. The monoisotopic (exact) mass is 477 g/mol. The molecule has 0 spiro atoms.